The van der Waals surface area contributed by atoms with Crippen molar-refractivity contribution in [1.82, 2.24) is 5.32 Å². The molecule has 0 saturated carbocycles. The monoisotopic (exact) mass is 381 g/mol. The van der Waals surface area contributed by atoms with E-state index in [0.29, 0.717) is 17.4 Å². The summed E-state index contributed by atoms with van der Waals surface area (Å²) in [4.78, 5) is 12.1. The summed E-state index contributed by atoms with van der Waals surface area (Å²) in [7, 11) is 0. The summed E-state index contributed by atoms with van der Waals surface area (Å²) in [6.45, 7) is 4.07. The summed E-state index contributed by atoms with van der Waals surface area (Å²) >= 11 is 7.83. The normalized spacial score (nSPS) is 12.5. The molecule has 1 unspecified atom stereocenters. The maximum Gasteiger partial charge on any atom is 0.255 e. The summed E-state index contributed by atoms with van der Waals surface area (Å²) in [6, 6.07) is 4.98. The third kappa shape index (κ3) is 4.31. The molecule has 1 amide bonds. The van der Waals surface area contributed by atoms with E-state index < -0.39 is 0 Å². The number of benzene rings is 1. The van der Waals surface area contributed by atoms with E-state index >= 15 is 0 Å². The number of carbonyl (C=O) groups excluding carboxylic acids is 1. The molecule has 0 saturated heterocycles. The van der Waals surface area contributed by atoms with Crippen LogP contribution in [-0.4, -0.2) is 22.9 Å². The second-order valence-corrected chi connectivity index (χ2v) is 6.09. The predicted octanol–water partition coefficient (Wildman–Crippen LogP) is 3.38. The first-order valence-electron chi connectivity index (χ1n) is 5.81. The Kier molecular flexibility index (Phi) is 6.21. The van der Waals surface area contributed by atoms with Crippen molar-refractivity contribution in [3.05, 3.63) is 27.3 Å². The van der Waals surface area contributed by atoms with Crippen LogP contribution in [0.15, 0.2) is 18.2 Å². The van der Waals surface area contributed by atoms with Crippen molar-refractivity contribution in [2.24, 2.45) is 5.92 Å². The topological polar surface area (TPSA) is 49.3 Å². The fourth-order valence-electron chi connectivity index (χ4n) is 1.63. The molecule has 100 valence electrons. The van der Waals surface area contributed by atoms with Gasteiger partial charge >= 0.3 is 0 Å². The molecule has 3 nitrogen and oxygen atoms in total. The maximum absolute atomic E-state index is 12.1. The number of halogens is 2. The number of phenolic OH excluding ortho intramolecular Hbond substituents is 1. The molecule has 0 aromatic heterocycles. The first-order chi connectivity index (χ1) is 8.45. The first-order valence-corrected chi connectivity index (χ1v) is 7.42. The van der Waals surface area contributed by atoms with Gasteiger partial charge in [0.15, 0.2) is 0 Å². The molecule has 1 atom stereocenters. The van der Waals surface area contributed by atoms with Crippen molar-refractivity contribution in [1.29, 1.82) is 0 Å². The number of aromatic hydroxyl groups is 1. The van der Waals surface area contributed by atoms with E-state index in [1.165, 1.54) is 6.07 Å². The smallest absolute Gasteiger partial charge is 0.255 e. The Morgan fingerprint density at radius 1 is 1.50 bits per heavy atom. The van der Waals surface area contributed by atoms with Gasteiger partial charge in [0.1, 0.15) is 5.75 Å². The second kappa shape index (κ2) is 7.19. The molecule has 1 rings (SSSR count). The predicted molar refractivity (Wildman–Crippen MR) is 82.3 cm³/mol. The first kappa shape index (κ1) is 15.6. The Morgan fingerprint density at radius 2 is 2.17 bits per heavy atom. The van der Waals surface area contributed by atoms with E-state index in [0.717, 1.165) is 9.99 Å². The van der Waals surface area contributed by atoms with Gasteiger partial charge in [0.2, 0.25) is 0 Å². The Balaban J connectivity index is 2.83. The van der Waals surface area contributed by atoms with Crippen LogP contribution in [0.3, 0.4) is 0 Å². The van der Waals surface area contributed by atoms with E-state index in [2.05, 4.69) is 27.9 Å². The van der Waals surface area contributed by atoms with Crippen LogP contribution in [0.2, 0.25) is 0 Å². The van der Waals surface area contributed by atoms with Crippen molar-refractivity contribution in [3.8, 4) is 5.75 Å². The molecule has 0 aliphatic carbocycles. The number of phenols is 1. The summed E-state index contributed by atoms with van der Waals surface area (Å²) in [6.07, 6.45) is 0.718. The zero-order chi connectivity index (χ0) is 13.7. The molecule has 1 aromatic carbocycles. The van der Waals surface area contributed by atoms with Gasteiger partial charge in [-0.3, -0.25) is 4.79 Å². The highest BCUT2D eigenvalue weighted by atomic mass is 127. The van der Waals surface area contributed by atoms with Crippen LogP contribution < -0.4 is 5.32 Å². The van der Waals surface area contributed by atoms with E-state index in [4.69, 9.17) is 11.6 Å². The summed E-state index contributed by atoms with van der Waals surface area (Å²) in [5.41, 5.74) is 0.308. The number of carbonyl (C=O) groups is 1. The lowest BCUT2D eigenvalue weighted by molar-refractivity contribution is 0.0922. The molecule has 0 aliphatic rings. The average molecular weight is 382 g/mol. The molecule has 18 heavy (non-hydrogen) atoms. The molecule has 0 fully saturated rings. The van der Waals surface area contributed by atoms with Gasteiger partial charge in [-0.05, 0) is 53.1 Å². The van der Waals surface area contributed by atoms with Crippen LogP contribution in [-0.2, 0) is 0 Å². The fraction of sp³-hybridized carbons (Fsp3) is 0.462. The van der Waals surface area contributed by atoms with Gasteiger partial charge in [-0.2, -0.15) is 0 Å². The SMILES string of the molecule is CC(C)C(CCCl)NC(=O)c1cc(I)ccc1O. The lowest BCUT2D eigenvalue weighted by Crippen LogP contribution is -2.38. The Bertz CT molecular complexity index is 423. The van der Waals surface area contributed by atoms with Crippen LogP contribution in [0, 0.1) is 9.49 Å². The summed E-state index contributed by atoms with van der Waals surface area (Å²) < 4.78 is 0.911. The molecule has 2 N–H and O–H groups in total. The van der Waals surface area contributed by atoms with Crippen LogP contribution in [0.1, 0.15) is 30.6 Å². The van der Waals surface area contributed by atoms with Crippen LogP contribution in [0.25, 0.3) is 0 Å². The molecular weight excluding hydrogens is 365 g/mol. The molecule has 1 aromatic rings. The van der Waals surface area contributed by atoms with Crippen molar-refractivity contribution in [2.75, 3.05) is 5.88 Å². The number of amides is 1. The fourth-order valence-corrected chi connectivity index (χ4v) is 2.35. The molecule has 5 heteroatoms. The van der Waals surface area contributed by atoms with Gasteiger partial charge < -0.3 is 10.4 Å². The third-order valence-electron chi connectivity index (χ3n) is 2.74. The van der Waals surface area contributed by atoms with Crippen molar-refractivity contribution >= 4 is 40.1 Å². The van der Waals surface area contributed by atoms with Gasteiger partial charge in [0, 0.05) is 15.5 Å². The highest BCUT2D eigenvalue weighted by Crippen LogP contribution is 2.20. The number of nitrogens with one attached hydrogen (secondary N) is 1. The van der Waals surface area contributed by atoms with Crippen molar-refractivity contribution < 1.29 is 9.90 Å². The van der Waals surface area contributed by atoms with E-state index in [9.17, 15) is 9.90 Å². The molecule has 0 aliphatic heterocycles. The minimum atomic E-state index is -0.255. The van der Waals surface area contributed by atoms with Crippen LogP contribution >= 0.6 is 34.2 Å². The molecule has 0 heterocycles. The Labute approximate surface area is 126 Å². The highest BCUT2D eigenvalue weighted by Gasteiger charge is 2.18. The largest absolute Gasteiger partial charge is 0.507 e. The molecule has 0 spiro atoms. The lowest BCUT2D eigenvalue weighted by Gasteiger charge is -2.21. The quantitative estimate of drug-likeness (QED) is 0.607. The van der Waals surface area contributed by atoms with E-state index in [-0.39, 0.29) is 17.7 Å². The third-order valence-corrected chi connectivity index (χ3v) is 3.63. The number of rotatable bonds is 5. The Morgan fingerprint density at radius 3 is 2.72 bits per heavy atom. The van der Waals surface area contributed by atoms with Gasteiger partial charge in [0.05, 0.1) is 5.56 Å². The van der Waals surface area contributed by atoms with E-state index in [1.807, 2.05) is 13.8 Å². The van der Waals surface area contributed by atoms with Crippen molar-refractivity contribution in [2.45, 2.75) is 26.3 Å². The minimum Gasteiger partial charge on any atom is -0.507 e. The highest BCUT2D eigenvalue weighted by molar-refractivity contribution is 14.1. The Hall–Kier alpha value is -0.490. The van der Waals surface area contributed by atoms with Crippen LogP contribution in [0.4, 0.5) is 0 Å². The van der Waals surface area contributed by atoms with E-state index in [1.54, 1.807) is 12.1 Å². The van der Waals surface area contributed by atoms with Gasteiger partial charge in [-0.25, -0.2) is 0 Å². The number of hydrogen-bond donors (Lipinski definition) is 2. The summed E-state index contributed by atoms with van der Waals surface area (Å²) in [5, 5.41) is 12.6. The summed E-state index contributed by atoms with van der Waals surface area (Å²) in [5.74, 6) is 0.551. The zero-order valence-electron chi connectivity index (χ0n) is 10.4. The van der Waals surface area contributed by atoms with Gasteiger partial charge in [-0.15, -0.1) is 11.6 Å². The van der Waals surface area contributed by atoms with Gasteiger partial charge in [0.25, 0.3) is 5.91 Å². The molecular formula is C13H17ClINO2. The van der Waals surface area contributed by atoms with Gasteiger partial charge in [-0.1, -0.05) is 13.8 Å². The zero-order valence-corrected chi connectivity index (χ0v) is 13.3. The number of alkyl halides is 1. The standard InChI is InChI=1S/C13H17ClINO2/c1-8(2)11(5-6-14)16-13(18)10-7-9(15)3-4-12(10)17/h3-4,7-8,11,17H,5-6H2,1-2H3,(H,16,18). The average Bonchev–Trinajstić information content (AvgIpc) is 2.31. The molecule has 0 bridgehead atoms. The molecule has 0 radical (unpaired) electrons. The van der Waals surface area contributed by atoms with Crippen molar-refractivity contribution in [3.63, 3.8) is 0 Å². The second-order valence-electron chi connectivity index (χ2n) is 4.46. The maximum atomic E-state index is 12.1. The minimum absolute atomic E-state index is 0.00120. The van der Waals surface area contributed by atoms with Crippen LogP contribution in [0.5, 0.6) is 5.75 Å². The number of hydrogen-bond acceptors (Lipinski definition) is 2. The lowest BCUT2D eigenvalue weighted by atomic mass is 10.0.